The number of pyridine rings is 1. The van der Waals surface area contributed by atoms with E-state index >= 15 is 0 Å². The number of ether oxygens (including phenoxy) is 1. The molecule has 0 spiro atoms. The summed E-state index contributed by atoms with van der Waals surface area (Å²) in [5.74, 6) is 0.182. The molecule has 0 radical (unpaired) electrons. The summed E-state index contributed by atoms with van der Waals surface area (Å²) in [6.45, 7) is 4.13. The third-order valence-electron chi connectivity index (χ3n) is 4.53. The van der Waals surface area contributed by atoms with Crippen molar-refractivity contribution in [3.8, 4) is 0 Å². The molecular formula is C20H23NO2. The number of carbonyl (C=O) groups is 1. The van der Waals surface area contributed by atoms with Gasteiger partial charge in [0.1, 0.15) is 0 Å². The predicted octanol–water partition coefficient (Wildman–Crippen LogP) is 4.23. The summed E-state index contributed by atoms with van der Waals surface area (Å²) in [7, 11) is 0. The van der Waals surface area contributed by atoms with E-state index in [0.717, 1.165) is 31.4 Å². The summed E-state index contributed by atoms with van der Waals surface area (Å²) >= 11 is 0. The SMILES string of the molecule is CCOC(=O)c1cc2c(nc1C)C(Cc1ccccc1)CCC2. The molecule has 3 rings (SSSR count). The molecule has 1 heterocycles. The minimum atomic E-state index is -0.259. The van der Waals surface area contributed by atoms with Crippen molar-refractivity contribution in [3.05, 3.63) is 64.5 Å². The zero-order chi connectivity index (χ0) is 16.2. The second-order valence-electron chi connectivity index (χ2n) is 6.17. The summed E-state index contributed by atoms with van der Waals surface area (Å²) in [6, 6.07) is 12.6. The number of nitrogens with zero attached hydrogens (tertiary/aromatic N) is 1. The molecule has 1 aliphatic carbocycles. The summed E-state index contributed by atoms with van der Waals surface area (Å²) in [5, 5.41) is 0. The number of aromatic nitrogens is 1. The molecule has 1 unspecified atom stereocenters. The minimum Gasteiger partial charge on any atom is -0.462 e. The minimum absolute atomic E-state index is 0.259. The Balaban J connectivity index is 1.90. The van der Waals surface area contributed by atoms with Crippen molar-refractivity contribution >= 4 is 5.97 Å². The van der Waals surface area contributed by atoms with E-state index in [2.05, 4.69) is 24.3 Å². The number of fused-ring (bicyclic) bond motifs is 1. The van der Waals surface area contributed by atoms with E-state index in [1.807, 2.05) is 26.0 Å². The average molecular weight is 309 g/mol. The van der Waals surface area contributed by atoms with Gasteiger partial charge in [-0.05, 0) is 56.7 Å². The average Bonchev–Trinajstić information content (AvgIpc) is 2.56. The normalized spacial score (nSPS) is 16.7. The van der Waals surface area contributed by atoms with Crippen molar-refractivity contribution in [2.45, 2.75) is 45.4 Å². The van der Waals surface area contributed by atoms with Gasteiger partial charge in [0.15, 0.2) is 0 Å². The number of esters is 1. The summed E-state index contributed by atoms with van der Waals surface area (Å²) in [4.78, 5) is 16.9. The van der Waals surface area contributed by atoms with E-state index in [1.54, 1.807) is 0 Å². The first-order valence-electron chi connectivity index (χ1n) is 8.40. The summed E-state index contributed by atoms with van der Waals surface area (Å²) in [6.07, 6.45) is 4.32. The van der Waals surface area contributed by atoms with E-state index < -0.39 is 0 Å². The van der Waals surface area contributed by atoms with Gasteiger partial charge in [-0.25, -0.2) is 4.79 Å². The third-order valence-corrected chi connectivity index (χ3v) is 4.53. The van der Waals surface area contributed by atoms with E-state index in [4.69, 9.17) is 9.72 Å². The molecule has 1 aromatic heterocycles. The summed E-state index contributed by atoms with van der Waals surface area (Å²) < 4.78 is 5.14. The van der Waals surface area contributed by atoms with Gasteiger partial charge in [0.05, 0.1) is 17.9 Å². The van der Waals surface area contributed by atoms with Gasteiger partial charge in [-0.3, -0.25) is 4.98 Å². The molecule has 23 heavy (non-hydrogen) atoms. The molecule has 1 aliphatic rings. The van der Waals surface area contributed by atoms with Gasteiger partial charge in [0, 0.05) is 11.6 Å². The lowest BCUT2D eigenvalue weighted by molar-refractivity contribution is 0.0524. The molecular weight excluding hydrogens is 286 g/mol. The number of rotatable bonds is 4. The van der Waals surface area contributed by atoms with E-state index in [-0.39, 0.29) is 5.97 Å². The van der Waals surface area contributed by atoms with Crippen molar-refractivity contribution in [3.63, 3.8) is 0 Å². The highest BCUT2D eigenvalue weighted by molar-refractivity contribution is 5.90. The highest BCUT2D eigenvalue weighted by atomic mass is 16.5. The van der Waals surface area contributed by atoms with Crippen LogP contribution in [-0.4, -0.2) is 17.6 Å². The molecule has 0 N–H and O–H groups in total. The van der Waals surface area contributed by atoms with Crippen LogP contribution in [0.3, 0.4) is 0 Å². The molecule has 0 saturated carbocycles. The maximum atomic E-state index is 12.1. The molecule has 3 heteroatoms. The van der Waals surface area contributed by atoms with Crippen LogP contribution in [-0.2, 0) is 17.6 Å². The number of hydrogen-bond donors (Lipinski definition) is 0. The molecule has 0 bridgehead atoms. The number of carbonyl (C=O) groups excluding carboxylic acids is 1. The Kier molecular flexibility index (Phi) is 4.75. The van der Waals surface area contributed by atoms with Gasteiger partial charge in [-0.2, -0.15) is 0 Å². The van der Waals surface area contributed by atoms with Crippen molar-refractivity contribution in [1.82, 2.24) is 4.98 Å². The molecule has 0 amide bonds. The molecule has 1 atom stereocenters. The van der Waals surface area contributed by atoms with E-state index in [1.165, 1.54) is 16.8 Å². The maximum absolute atomic E-state index is 12.1. The van der Waals surface area contributed by atoms with Crippen LogP contribution in [0.25, 0.3) is 0 Å². The highest BCUT2D eigenvalue weighted by Crippen LogP contribution is 2.34. The van der Waals surface area contributed by atoms with Crippen molar-refractivity contribution in [1.29, 1.82) is 0 Å². The fourth-order valence-corrected chi connectivity index (χ4v) is 3.41. The van der Waals surface area contributed by atoms with E-state index in [0.29, 0.717) is 18.1 Å². The first-order chi connectivity index (χ1) is 11.2. The molecule has 3 nitrogen and oxygen atoms in total. The third kappa shape index (κ3) is 3.44. The lowest BCUT2D eigenvalue weighted by Crippen LogP contribution is -2.18. The Bertz CT molecular complexity index is 694. The summed E-state index contributed by atoms with van der Waals surface area (Å²) in [5.41, 5.74) is 5.13. The van der Waals surface area contributed by atoms with Gasteiger partial charge in [-0.1, -0.05) is 30.3 Å². The van der Waals surface area contributed by atoms with Crippen LogP contribution in [0.1, 0.15) is 58.6 Å². The first-order valence-corrected chi connectivity index (χ1v) is 8.40. The number of aryl methyl sites for hydroxylation is 2. The van der Waals surface area contributed by atoms with Crippen LogP contribution in [0.15, 0.2) is 36.4 Å². The van der Waals surface area contributed by atoms with Gasteiger partial charge >= 0.3 is 5.97 Å². The number of hydrogen-bond acceptors (Lipinski definition) is 3. The van der Waals surface area contributed by atoms with Gasteiger partial charge in [-0.15, -0.1) is 0 Å². The van der Waals surface area contributed by atoms with Gasteiger partial charge < -0.3 is 4.74 Å². The highest BCUT2D eigenvalue weighted by Gasteiger charge is 2.25. The van der Waals surface area contributed by atoms with E-state index in [9.17, 15) is 4.79 Å². The van der Waals surface area contributed by atoms with Gasteiger partial charge in [0.25, 0.3) is 0 Å². The molecule has 0 fully saturated rings. The predicted molar refractivity (Wildman–Crippen MR) is 90.8 cm³/mol. The molecule has 120 valence electrons. The second kappa shape index (κ2) is 6.95. The van der Waals surface area contributed by atoms with Crippen molar-refractivity contribution in [2.75, 3.05) is 6.61 Å². The van der Waals surface area contributed by atoms with Crippen LogP contribution in [0.5, 0.6) is 0 Å². The second-order valence-corrected chi connectivity index (χ2v) is 6.17. The lowest BCUT2D eigenvalue weighted by Gasteiger charge is -2.25. The van der Waals surface area contributed by atoms with Crippen LogP contribution < -0.4 is 0 Å². The molecule has 2 aromatic rings. The van der Waals surface area contributed by atoms with Crippen molar-refractivity contribution < 1.29 is 9.53 Å². The Morgan fingerprint density at radius 1 is 1.30 bits per heavy atom. The van der Waals surface area contributed by atoms with Gasteiger partial charge in [0.2, 0.25) is 0 Å². The Labute approximate surface area is 137 Å². The Morgan fingerprint density at radius 2 is 2.09 bits per heavy atom. The van der Waals surface area contributed by atoms with Crippen LogP contribution in [0.2, 0.25) is 0 Å². The number of benzene rings is 1. The Hall–Kier alpha value is -2.16. The molecule has 0 saturated heterocycles. The molecule has 1 aromatic carbocycles. The van der Waals surface area contributed by atoms with Crippen LogP contribution in [0.4, 0.5) is 0 Å². The fraction of sp³-hybridized carbons (Fsp3) is 0.400. The monoisotopic (exact) mass is 309 g/mol. The van der Waals surface area contributed by atoms with Crippen LogP contribution >= 0.6 is 0 Å². The van der Waals surface area contributed by atoms with Crippen LogP contribution in [0, 0.1) is 6.92 Å². The standard InChI is InChI=1S/C20H23NO2/c1-3-23-20(22)18-13-17-11-7-10-16(19(17)21-14(18)2)12-15-8-5-4-6-9-15/h4-6,8-9,13,16H,3,7,10-12H2,1-2H3. The largest absolute Gasteiger partial charge is 0.462 e. The first kappa shape index (κ1) is 15.7. The lowest BCUT2D eigenvalue weighted by atomic mass is 9.82. The smallest absolute Gasteiger partial charge is 0.339 e. The zero-order valence-corrected chi connectivity index (χ0v) is 13.8. The maximum Gasteiger partial charge on any atom is 0.339 e. The topological polar surface area (TPSA) is 39.2 Å². The quantitative estimate of drug-likeness (QED) is 0.793. The molecule has 0 aliphatic heterocycles. The Morgan fingerprint density at radius 3 is 2.83 bits per heavy atom. The zero-order valence-electron chi connectivity index (χ0n) is 13.8. The fourth-order valence-electron chi connectivity index (χ4n) is 3.41. The van der Waals surface area contributed by atoms with Crippen molar-refractivity contribution in [2.24, 2.45) is 0 Å².